The summed E-state index contributed by atoms with van der Waals surface area (Å²) < 4.78 is 7.51. The summed E-state index contributed by atoms with van der Waals surface area (Å²) in [6.07, 6.45) is 4.04. The maximum Gasteiger partial charge on any atom is 0.119 e. The average Bonchev–Trinajstić information content (AvgIpc) is 2.92. The lowest BCUT2D eigenvalue weighted by Gasteiger charge is -2.18. The Hall–Kier alpha value is -1.88. The number of benzene rings is 1. The molecule has 5 heteroatoms. The molecule has 0 saturated carbocycles. The van der Waals surface area contributed by atoms with Gasteiger partial charge in [0.15, 0.2) is 0 Å². The molecule has 0 aliphatic rings. The van der Waals surface area contributed by atoms with Crippen molar-refractivity contribution in [1.82, 2.24) is 20.3 Å². The fourth-order valence-corrected chi connectivity index (χ4v) is 2.25. The van der Waals surface area contributed by atoms with Crippen LogP contribution in [-0.4, -0.2) is 28.1 Å². The second kappa shape index (κ2) is 7.78. The van der Waals surface area contributed by atoms with E-state index >= 15 is 0 Å². The van der Waals surface area contributed by atoms with Crippen LogP contribution in [0.3, 0.4) is 0 Å². The molecule has 2 aromatic rings. The highest BCUT2D eigenvalue weighted by molar-refractivity contribution is 5.32. The number of hydrogen-bond donors (Lipinski definition) is 1. The van der Waals surface area contributed by atoms with E-state index < -0.39 is 0 Å². The van der Waals surface area contributed by atoms with Crippen LogP contribution in [0.15, 0.2) is 30.5 Å². The van der Waals surface area contributed by atoms with Crippen LogP contribution in [0.25, 0.3) is 0 Å². The first kappa shape index (κ1) is 15.5. The van der Waals surface area contributed by atoms with Crippen molar-refractivity contribution < 1.29 is 4.74 Å². The van der Waals surface area contributed by atoms with Gasteiger partial charge >= 0.3 is 0 Å². The minimum absolute atomic E-state index is 0.0969. The van der Waals surface area contributed by atoms with Crippen molar-refractivity contribution in [2.75, 3.05) is 13.2 Å². The van der Waals surface area contributed by atoms with Gasteiger partial charge in [-0.25, -0.2) is 0 Å². The molecule has 0 radical (unpaired) electrons. The highest BCUT2D eigenvalue weighted by Gasteiger charge is 2.16. The molecule has 1 aromatic carbocycles. The third-order valence-corrected chi connectivity index (χ3v) is 3.43. The topological polar surface area (TPSA) is 52.0 Å². The van der Waals surface area contributed by atoms with Crippen molar-refractivity contribution in [2.24, 2.45) is 7.05 Å². The van der Waals surface area contributed by atoms with Crippen molar-refractivity contribution in [3.05, 3.63) is 41.7 Å². The molecule has 1 heterocycles. The maximum atomic E-state index is 5.71. The number of unbranched alkanes of at least 4 members (excludes halogenated alkanes) is 1. The molecule has 5 nitrogen and oxygen atoms in total. The Morgan fingerprint density at radius 2 is 2.00 bits per heavy atom. The molecule has 1 unspecified atom stereocenters. The lowest BCUT2D eigenvalue weighted by Crippen LogP contribution is -2.24. The molecular weight excluding hydrogens is 264 g/mol. The Morgan fingerprint density at radius 1 is 1.24 bits per heavy atom. The van der Waals surface area contributed by atoms with E-state index in [0.717, 1.165) is 37.4 Å². The third kappa shape index (κ3) is 4.04. The van der Waals surface area contributed by atoms with E-state index in [2.05, 4.69) is 41.6 Å². The quantitative estimate of drug-likeness (QED) is 0.759. The van der Waals surface area contributed by atoms with E-state index in [-0.39, 0.29) is 6.04 Å². The number of hydrogen-bond acceptors (Lipinski definition) is 4. The predicted molar refractivity (Wildman–Crippen MR) is 83.4 cm³/mol. The SMILES string of the molecule is CCCCOc1ccc(C(NCC)c2cnnn2C)cc1. The van der Waals surface area contributed by atoms with Crippen molar-refractivity contribution in [3.63, 3.8) is 0 Å². The van der Waals surface area contributed by atoms with Gasteiger partial charge in [0.2, 0.25) is 0 Å². The zero-order valence-electron chi connectivity index (χ0n) is 13.0. The Morgan fingerprint density at radius 3 is 2.57 bits per heavy atom. The van der Waals surface area contributed by atoms with E-state index in [0.29, 0.717) is 0 Å². The van der Waals surface area contributed by atoms with Crippen molar-refractivity contribution in [2.45, 2.75) is 32.7 Å². The van der Waals surface area contributed by atoms with Crippen LogP contribution in [0, 0.1) is 0 Å². The van der Waals surface area contributed by atoms with Gasteiger partial charge < -0.3 is 10.1 Å². The molecule has 21 heavy (non-hydrogen) atoms. The van der Waals surface area contributed by atoms with E-state index in [9.17, 15) is 0 Å². The normalized spacial score (nSPS) is 12.3. The first-order chi connectivity index (χ1) is 10.3. The minimum atomic E-state index is 0.0969. The summed E-state index contributed by atoms with van der Waals surface area (Å²) in [5.74, 6) is 0.922. The van der Waals surface area contributed by atoms with Gasteiger partial charge in [0.1, 0.15) is 5.75 Å². The Kier molecular flexibility index (Phi) is 5.75. The summed E-state index contributed by atoms with van der Waals surface area (Å²) in [7, 11) is 1.91. The van der Waals surface area contributed by atoms with Crippen LogP contribution < -0.4 is 10.1 Å². The summed E-state index contributed by atoms with van der Waals surface area (Å²) in [6, 6.07) is 8.35. The average molecular weight is 288 g/mol. The lowest BCUT2D eigenvalue weighted by atomic mass is 10.0. The molecule has 0 aliphatic carbocycles. The van der Waals surface area contributed by atoms with Crippen molar-refractivity contribution in [1.29, 1.82) is 0 Å². The zero-order chi connectivity index (χ0) is 15.1. The molecule has 0 bridgehead atoms. The molecule has 0 amide bonds. The first-order valence-corrected chi connectivity index (χ1v) is 7.57. The molecule has 0 aliphatic heterocycles. The number of nitrogens with zero attached hydrogens (tertiary/aromatic N) is 3. The summed E-state index contributed by atoms with van der Waals surface area (Å²) >= 11 is 0. The van der Waals surface area contributed by atoms with Gasteiger partial charge in [0.25, 0.3) is 0 Å². The van der Waals surface area contributed by atoms with Crippen LogP contribution in [0.1, 0.15) is 44.0 Å². The highest BCUT2D eigenvalue weighted by Crippen LogP contribution is 2.23. The fourth-order valence-electron chi connectivity index (χ4n) is 2.25. The minimum Gasteiger partial charge on any atom is -0.494 e. The molecule has 1 aromatic heterocycles. The molecular formula is C16H24N4O. The molecule has 114 valence electrons. The maximum absolute atomic E-state index is 5.71. The van der Waals surface area contributed by atoms with Crippen molar-refractivity contribution >= 4 is 0 Å². The second-order valence-electron chi connectivity index (χ2n) is 5.04. The Balaban J connectivity index is 2.12. The fraction of sp³-hybridized carbons (Fsp3) is 0.500. The van der Waals surface area contributed by atoms with Crippen LogP contribution in [-0.2, 0) is 7.05 Å². The Labute approximate surface area is 126 Å². The van der Waals surface area contributed by atoms with Gasteiger partial charge in [-0.3, -0.25) is 4.68 Å². The van der Waals surface area contributed by atoms with Gasteiger partial charge in [-0.15, -0.1) is 5.10 Å². The first-order valence-electron chi connectivity index (χ1n) is 7.57. The van der Waals surface area contributed by atoms with Gasteiger partial charge in [-0.1, -0.05) is 37.6 Å². The predicted octanol–water partition coefficient (Wildman–Crippen LogP) is 2.69. The number of aryl methyl sites for hydroxylation is 1. The highest BCUT2D eigenvalue weighted by atomic mass is 16.5. The zero-order valence-corrected chi connectivity index (χ0v) is 13.0. The van der Waals surface area contributed by atoms with Gasteiger partial charge in [0.05, 0.1) is 24.5 Å². The molecule has 1 N–H and O–H groups in total. The monoisotopic (exact) mass is 288 g/mol. The number of rotatable bonds is 8. The summed E-state index contributed by atoms with van der Waals surface area (Å²) in [4.78, 5) is 0. The van der Waals surface area contributed by atoms with Gasteiger partial charge in [0, 0.05) is 7.05 Å². The van der Waals surface area contributed by atoms with Crippen LogP contribution in [0.4, 0.5) is 0 Å². The summed E-state index contributed by atoms with van der Waals surface area (Å²) in [5, 5.41) is 11.5. The van der Waals surface area contributed by atoms with Gasteiger partial charge in [-0.05, 0) is 30.7 Å². The summed E-state index contributed by atoms with van der Waals surface area (Å²) in [5.41, 5.74) is 2.24. The van der Waals surface area contributed by atoms with E-state index in [1.807, 2.05) is 19.2 Å². The second-order valence-corrected chi connectivity index (χ2v) is 5.04. The summed E-state index contributed by atoms with van der Waals surface area (Å²) in [6.45, 7) is 5.91. The largest absolute Gasteiger partial charge is 0.494 e. The smallest absolute Gasteiger partial charge is 0.119 e. The van der Waals surface area contributed by atoms with Crippen molar-refractivity contribution in [3.8, 4) is 5.75 Å². The van der Waals surface area contributed by atoms with Gasteiger partial charge in [-0.2, -0.15) is 0 Å². The van der Waals surface area contributed by atoms with E-state index in [1.54, 1.807) is 10.9 Å². The molecule has 0 saturated heterocycles. The Bertz CT molecular complexity index is 535. The third-order valence-electron chi connectivity index (χ3n) is 3.43. The van der Waals surface area contributed by atoms with E-state index in [4.69, 9.17) is 4.74 Å². The van der Waals surface area contributed by atoms with Crippen LogP contribution in [0.2, 0.25) is 0 Å². The van der Waals surface area contributed by atoms with Crippen LogP contribution in [0.5, 0.6) is 5.75 Å². The van der Waals surface area contributed by atoms with Crippen LogP contribution >= 0.6 is 0 Å². The standard InChI is InChI=1S/C16H24N4O/c1-4-6-11-21-14-9-7-13(8-10-14)16(17-5-2)15-12-18-19-20(15)3/h7-10,12,16-17H,4-6,11H2,1-3H3. The molecule has 0 spiro atoms. The lowest BCUT2D eigenvalue weighted by molar-refractivity contribution is 0.309. The number of ether oxygens (including phenoxy) is 1. The molecule has 0 fully saturated rings. The molecule has 2 rings (SSSR count). The number of aromatic nitrogens is 3. The van der Waals surface area contributed by atoms with E-state index in [1.165, 1.54) is 5.56 Å². The number of nitrogens with one attached hydrogen (secondary N) is 1. The molecule has 1 atom stereocenters.